The molecule has 1 aromatic heterocycles. The molecule has 1 N–H and O–H groups in total. The van der Waals surface area contributed by atoms with Gasteiger partial charge in [-0.25, -0.2) is 5.43 Å². The number of hydrogen-bond donors (Lipinski definition) is 1. The summed E-state index contributed by atoms with van der Waals surface area (Å²) in [6, 6.07) is 16.9. The van der Waals surface area contributed by atoms with Gasteiger partial charge in [-0.05, 0) is 37.6 Å². The number of amides is 1. The molecule has 3 aromatic rings. The highest BCUT2D eigenvalue weighted by molar-refractivity contribution is 6.06. The molecule has 0 aliphatic rings. The molecule has 0 saturated heterocycles. The van der Waals surface area contributed by atoms with E-state index in [1.807, 2.05) is 55.5 Å². The van der Waals surface area contributed by atoms with Crippen LogP contribution >= 0.6 is 0 Å². The van der Waals surface area contributed by atoms with E-state index in [2.05, 4.69) is 22.4 Å². The van der Waals surface area contributed by atoms with Crippen molar-refractivity contribution in [2.45, 2.75) is 20.3 Å². The molecule has 0 aliphatic heterocycles. The number of nitrogens with one attached hydrogen (secondary N) is 1. The second kappa shape index (κ2) is 8.25. The minimum Gasteiger partial charge on any atom is -0.493 e. The zero-order valence-corrected chi connectivity index (χ0v) is 14.9. The molecule has 26 heavy (non-hydrogen) atoms. The molecule has 0 unspecified atom stereocenters. The maximum atomic E-state index is 12.6. The summed E-state index contributed by atoms with van der Waals surface area (Å²) in [7, 11) is 0. The first-order chi connectivity index (χ1) is 12.7. The summed E-state index contributed by atoms with van der Waals surface area (Å²) in [6.07, 6.45) is 2.52. The zero-order valence-electron chi connectivity index (χ0n) is 14.9. The minimum absolute atomic E-state index is 0.269. The Labute approximate surface area is 152 Å². The molecular formula is C21H21N3O2. The smallest absolute Gasteiger partial charge is 0.272 e. The standard InChI is InChI=1S/C21H21N3O2/c1-3-12-26-20-11-7-4-8-16(20)14-22-24-21(25)18-13-15(2)23-19-10-6-5-9-17(18)19/h4-11,13-14H,3,12H2,1-2H3,(H,24,25)/b22-14+. The van der Waals surface area contributed by atoms with Crippen LogP contribution in [0.5, 0.6) is 5.75 Å². The van der Waals surface area contributed by atoms with Crippen molar-refractivity contribution in [1.82, 2.24) is 10.4 Å². The number of aryl methyl sites for hydroxylation is 1. The van der Waals surface area contributed by atoms with E-state index in [-0.39, 0.29) is 5.91 Å². The summed E-state index contributed by atoms with van der Waals surface area (Å²) in [4.78, 5) is 17.0. The molecule has 0 aliphatic carbocycles. The van der Waals surface area contributed by atoms with Gasteiger partial charge in [0.05, 0.1) is 23.9 Å². The quantitative estimate of drug-likeness (QED) is 0.539. The molecule has 5 nitrogen and oxygen atoms in total. The van der Waals surface area contributed by atoms with Crippen LogP contribution in [0, 0.1) is 6.92 Å². The fraction of sp³-hybridized carbons (Fsp3) is 0.190. The number of hydrazone groups is 1. The predicted molar refractivity (Wildman–Crippen MR) is 104 cm³/mol. The van der Waals surface area contributed by atoms with Crippen molar-refractivity contribution in [3.05, 3.63) is 71.4 Å². The van der Waals surface area contributed by atoms with E-state index in [0.717, 1.165) is 34.3 Å². The highest BCUT2D eigenvalue weighted by atomic mass is 16.5. The van der Waals surface area contributed by atoms with Crippen LogP contribution in [0.25, 0.3) is 10.9 Å². The number of nitrogens with zero attached hydrogens (tertiary/aromatic N) is 2. The normalized spacial score (nSPS) is 11.0. The second-order valence-electron chi connectivity index (χ2n) is 5.91. The lowest BCUT2D eigenvalue weighted by Gasteiger charge is -2.08. The SMILES string of the molecule is CCCOc1ccccc1/C=N/NC(=O)c1cc(C)nc2ccccc12. The number of para-hydroxylation sites is 2. The Morgan fingerprint density at radius 3 is 2.81 bits per heavy atom. The van der Waals surface area contributed by atoms with Gasteiger partial charge in [-0.1, -0.05) is 37.3 Å². The molecule has 0 radical (unpaired) electrons. The number of ether oxygens (including phenoxy) is 1. The lowest BCUT2D eigenvalue weighted by Crippen LogP contribution is -2.18. The van der Waals surface area contributed by atoms with Crippen molar-refractivity contribution in [3.63, 3.8) is 0 Å². The number of hydrogen-bond acceptors (Lipinski definition) is 4. The van der Waals surface area contributed by atoms with Gasteiger partial charge in [-0.3, -0.25) is 9.78 Å². The summed E-state index contributed by atoms with van der Waals surface area (Å²) in [5, 5.41) is 4.90. The lowest BCUT2D eigenvalue weighted by atomic mass is 10.1. The number of carbonyl (C=O) groups is 1. The van der Waals surface area contributed by atoms with E-state index in [1.54, 1.807) is 12.3 Å². The van der Waals surface area contributed by atoms with Crippen molar-refractivity contribution < 1.29 is 9.53 Å². The molecule has 132 valence electrons. The maximum absolute atomic E-state index is 12.6. The van der Waals surface area contributed by atoms with Gasteiger partial charge in [-0.2, -0.15) is 5.10 Å². The summed E-state index contributed by atoms with van der Waals surface area (Å²) in [6.45, 7) is 4.56. The van der Waals surface area contributed by atoms with Crippen LogP contribution in [0.15, 0.2) is 59.7 Å². The molecule has 0 saturated carbocycles. The summed E-state index contributed by atoms with van der Waals surface area (Å²) < 4.78 is 5.69. The molecule has 0 atom stereocenters. The fourth-order valence-electron chi connectivity index (χ4n) is 2.65. The maximum Gasteiger partial charge on any atom is 0.272 e. The Morgan fingerprint density at radius 1 is 1.19 bits per heavy atom. The first-order valence-electron chi connectivity index (χ1n) is 8.60. The third-order valence-corrected chi connectivity index (χ3v) is 3.84. The number of rotatable bonds is 6. The molecule has 5 heteroatoms. The van der Waals surface area contributed by atoms with Crippen LogP contribution in [0.4, 0.5) is 0 Å². The first kappa shape index (κ1) is 17.6. The van der Waals surface area contributed by atoms with E-state index in [4.69, 9.17) is 4.74 Å². The lowest BCUT2D eigenvalue weighted by molar-refractivity contribution is 0.0956. The molecule has 3 rings (SSSR count). The van der Waals surface area contributed by atoms with Gasteiger partial charge < -0.3 is 4.74 Å². The van der Waals surface area contributed by atoms with Gasteiger partial charge in [0.15, 0.2) is 0 Å². The number of benzene rings is 2. The Balaban J connectivity index is 1.79. The van der Waals surface area contributed by atoms with Crippen molar-refractivity contribution in [2.24, 2.45) is 5.10 Å². The van der Waals surface area contributed by atoms with Crippen LogP contribution in [0.1, 0.15) is 35.0 Å². The van der Waals surface area contributed by atoms with Gasteiger partial charge >= 0.3 is 0 Å². The average Bonchev–Trinajstić information content (AvgIpc) is 2.66. The van der Waals surface area contributed by atoms with Crippen molar-refractivity contribution in [1.29, 1.82) is 0 Å². The molecule has 0 spiro atoms. The number of carbonyl (C=O) groups excluding carboxylic acids is 1. The van der Waals surface area contributed by atoms with Gasteiger partial charge in [0.2, 0.25) is 0 Å². The van der Waals surface area contributed by atoms with E-state index >= 15 is 0 Å². The van der Waals surface area contributed by atoms with Crippen LogP contribution in [0.2, 0.25) is 0 Å². The minimum atomic E-state index is -0.269. The van der Waals surface area contributed by atoms with Crippen LogP contribution in [-0.4, -0.2) is 23.7 Å². The number of fused-ring (bicyclic) bond motifs is 1. The van der Waals surface area contributed by atoms with E-state index in [9.17, 15) is 4.79 Å². The van der Waals surface area contributed by atoms with E-state index in [1.165, 1.54) is 0 Å². The summed E-state index contributed by atoms with van der Waals surface area (Å²) in [5.74, 6) is 0.479. The second-order valence-corrected chi connectivity index (χ2v) is 5.91. The molecular weight excluding hydrogens is 326 g/mol. The van der Waals surface area contributed by atoms with E-state index < -0.39 is 0 Å². The zero-order chi connectivity index (χ0) is 18.4. The Bertz CT molecular complexity index is 951. The highest BCUT2D eigenvalue weighted by Gasteiger charge is 2.11. The Morgan fingerprint density at radius 2 is 1.96 bits per heavy atom. The molecule has 2 aromatic carbocycles. The molecule has 1 heterocycles. The van der Waals surface area contributed by atoms with Crippen LogP contribution in [-0.2, 0) is 0 Å². The van der Waals surface area contributed by atoms with Gasteiger partial charge in [0.25, 0.3) is 5.91 Å². The number of pyridine rings is 1. The van der Waals surface area contributed by atoms with Gasteiger partial charge in [-0.15, -0.1) is 0 Å². The number of aromatic nitrogens is 1. The van der Waals surface area contributed by atoms with E-state index in [0.29, 0.717) is 12.2 Å². The van der Waals surface area contributed by atoms with Crippen LogP contribution in [0.3, 0.4) is 0 Å². The molecule has 0 fully saturated rings. The predicted octanol–water partition coefficient (Wildman–Crippen LogP) is 4.10. The first-order valence-corrected chi connectivity index (χ1v) is 8.60. The van der Waals surface area contributed by atoms with Crippen LogP contribution < -0.4 is 10.2 Å². The highest BCUT2D eigenvalue weighted by Crippen LogP contribution is 2.18. The summed E-state index contributed by atoms with van der Waals surface area (Å²) in [5.41, 5.74) is 5.55. The van der Waals surface area contributed by atoms with Crippen molar-refractivity contribution in [2.75, 3.05) is 6.61 Å². The fourth-order valence-corrected chi connectivity index (χ4v) is 2.65. The molecule has 0 bridgehead atoms. The molecule has 1 amide bonds. The Kier molecular flexibility index (Phi) is 5.59. The third kappa shape index (κ3) is 4.06. The largest absolute Gasteiger partial charge is 0.493 e. The van der Waals surface area contributed by atoms with Gasteiger partial charge in [0, 0.05) is 16.6 Å². The van der Waals surface area contributed by atoms with Crippen molar-refractivity contribution in [3.8, 4) is 5.75 Å². The van der Waals surface area contributed by atoms with Gasteiger partial charge in [0.1, 0.15) is 5.75 Å². The third-order valence-electron chi connectivity index (χ3n) is 3.84. The average molecular weight is 347 g/mol. The van der Waals surface area contributed by atoms with Crippen molar-refractivity contribution >= 4 is 23.0 Å². The topological polar surface area (TPSA) is 63.6 Å². The monoisotopic (exact) mass is 347 g/mol. The summed E-state index contributed by atoms with van der Waals surface area (Å²) >= 11 is 0. The Hall–Kier alpha value is -3.21.